The van der Waals surface area contributed by atoms with E-state index in [2.05, 4.69) is 64.8 Å². The molecule has 2 aliphatic carbocycles. The molecule has 6 aromatic rings. The highest BCUT2D eigenvalue weighted by molar-refractivity contribution is 14.1. The molecule has 2 spiro atoms. The lowest BCUT2D eigenvalue weighted by molar-refractivity contribution is -0.132. The Morgan fingerprint density at radius 2 is 1.32 bits per heavy atom. The predicted octanol–water partition coefficient (Wildman–Crippen LogP) is 8.42. The van der Waals surface area contributed by atoms with Crippen molar-refractivity contribution in [1.82, 2.24) is 46.1 Å². The second kappa shape index (κ2) is 30.8. The van der Waals surface area contributed by atoms with Crippen LogP contribution < -0.4 is 60.6 Å². The van der Waals surface area contributed by atoms with Crippen LogP contribution in [0.25, 0.3) is 22.5 Å². The summed E-state index contributed by atoms with van der Waals surface area (Å²) in [5.74, 6) is -2.74. The van der Waals surface area contributed by atoms with E-state index in [1.54, 1.807) is 67.2 Å². The van der Waals surface area contributed by atoms with Gasteiger partial charge in [-0.05, 0) is 137 Å². The number of hydrogen-bond donors (Lipinski definition) is 7. The maximum atomic E-state index is 14.5. The highest BCUT2D eigenvalue weighted by Gasteiger charge is 2.58. The van der Waals surface area contributed by atoms with Crippen LogP contribution in [-0.4, -0.2) is 174 Å². The molecule has 13 rings (SSSR count). The first-order valence-electron chi connectivity index (χ1n) is 36.2. The molecular weight excluding hydrogens is 1470 g/mol. The fourth-order valence-electron chi connectivity index (χ4n) is 14.9. The molecule has 9 amide bonds. The number of halogens is 1. The van der Waals surface area contributed by atoms with Crippen LogP contribution in [0, 0.1) is 16.7 Å². The van der Waals surface area contributed by atoms with Gasteiger partial charge in [0.15, 0.2) is 29.2 Å². The van der Waals surface area contributed by atoms with Crippen LogP contribution in [0.4, 0.5) is 27.5 Å². The van der Waals surface area contributed by atoms with E-state index < -0.39 is 82.5 Å². The molecule has 29 heteroatoms. The summed E-state index contributed by atoms with van der Waals surface area (Å²) in [6.07, 6.45) is 4.90. The molecule has 0 bridgehead atoms. The standard InChI is InChI=1S/C77H90IN13O15/c1-44(2)66(84-64(94)39-81-63(93)38-80-62(92)23-24-65(95)87-40-47-15-9-10-16-50(47)68-67(51-17-11-12-18-55(51)87)85-86-91(68)75(4,5)78)70(97)82-45(3)69(96)83-48-21-19-46(20-22-48)41-106-74(101)90-56-34-61(59(103-7)32-53(56)72(99)89-43-77(27-28-77)36-57(89)73(90)100)105-30-14-8-13-29-104-60-33-54-52(31-58(60)102-6)71(98)88-42-76(25-26-76)35-49(88)37-79-54/h9-12,15-22,31-34,44-45,49,57,66,73,79,100H,8,13-14,23-30,35-43H2,1-7H3,(H,80,92)(H,81,93)(H,82,97)(H,83,96)(H,84,94)/t45-,49-,57-,66-,73-/m0/s1. The minimum absolute atomic E-state index is 0.0181. The Morgan fingerprint density at radius 1 is 0.689 bits per heavy atom. The highest BCUT2D eigenvalue weighted by atomic mass is 127. The zero-order chi connectivity index (χ0) is 74.9. The summed E-state index contributed by atoms with van der Waals surface area (Å²) in [6.45, 7) is 10.4. The van der Waals surface area contributed by atoms with Crippen molar-refractivity contribution in [2.75, 3.05) is 80.6 Å². The second-order valence-corrected chi connectivity index (χ2v) is 32.2. The first-order chi connectivity index (χ1) is 50.8. The number of anilines is 4. The maximum absolute atomic E-state index is 14.5. The van der Waals surface area contributed by atoms with Crippen molar-refractivity contribution in [2.45, 2.75) is 152 Å². The van der Waals surface area contributed by atoms with Gasteiger partial charge in [-0.3, -0.25) is 38.4 Å². The number of nitrogens with one attached hydrogen (secondary N) is 6. The molecule has 2 saturated heterocycles. The van der Waals surface area contributed by atoms with Crippen LogP contribution in [0.1, 0.15) is 137 Å². The monoisotopic (exact) mass is 1560 g/mol. The Kier molecular flexibility index (Phi) is 21.6. The number of amides is 9. The molecule has 2 saturated carbocycles. The number of ether oxygens (including phenoxy) is 5. The fourth-order valence-corrected chi connectivity index (χ4v) is 15.2. The zero-order valence-electron chi connectivity index (χ0n) is 60.5. The van der Waals surface area contributed by atoms with Crippen LogP contribution in [0.5, 0.6) is 23.0 Å². The molecule has 7 N–H and O–H groups in total. The van der Waals surface area contributed by atoms with Gasteiger partial charge in [-0.15, -0.1) is 5.10 Å². The third kappa shape index (κ3) is 15.9. The van der Waals surface area contributed by atoms with E-state index in [9.17, 15) is 48.3 Å². The molecule has 0 unspecified atom stereocenters. The van der Waals surface area contributed by atoms with Crippen LogP contribution >= 0.6 is 22.6 Å². The Morgan fingerprint density at radius 3 is 2.01 bits per heavy atom. The SMILES string of the molecule is COc1cc2c(cc1OCCCCCOc1cc3c(cc1OC)C(=O)N1CC4(CC4)C[C@H]1[C@H](O)N3C(=O)OCc1ccc(NC(=O)[C@H](C)NC(=O)[C@@H](NC(=O)CNC(=O)CNC(=O)CCC(=O)N3Cc4ccccc4-c4c(nnn4C(C)(C)I)-c4ccccc43)C(C)C)cc1)NC[C@@H]1CC3(CC3)CN1C2=O. The van der Waals surface area contributed by atoms with Gasteiger partial charge in [-0.2, -0.15) is 0 Å². The van der Waals surface area contributed by atoms with Crippen molar-refractivity contribution < 1.29 is 71.9 Å². The molecular formula is C77H90IN13O15. The normalized spacial score (nSPS) is 18.8. The summed E-state index contributed by atoms with van der Waals surface area (Å²) in [5, 5.41) is 37.8. The van der Waals surface area contributed by atoms with Crippen LogP contribution in [0.15, 0.2) is 97.1 Å². The van der Waals surface area contributed by atoms with Crippen LogP contribution in [0.2, 0.25) is 0 Å². The largest absolute Gasteiger partial charge is 0.493 e. The Hall–Kier alpha value is -10.0. The number of aliphatic hydroxyl groups is 1. The van der Waals surface area contributed by atoms with Gasteiger partial charge in [0.05, 0.1) is 87.0 Å². The summed E-state index contributed by atoms with van der Waals surface area (Å²) < 4.78 is 31.3. The average Bonchev–Trinajstić information content (AvgIpc) is 1.56. The molecule has 0 radical (unpaired) electrons. The lowest BCUT2D eigenvalue weighted by Crippen LogP contribution is -2.55. The van der Waals surface area contributed by atoms with E-state index in [0.717, 1.165) is 53.2 Å². The second-order valence-electron chi connectivity index (χ2n) is 29.6. The minimum atomic E-state index is -1.47. The van der Waals surface area contributed by atoms with Crippen molar-refractivity contribution >= 4 is 98.7 Å². The van der Waals surface area contributed by atoms with Gasteiger partial charge in [0.1, 0.15) is 27.9 Å². The lowest BCUT2D eigenvalue weighted by Gasteiger charge is -2.31. The highest BCUT2D eigenvalue weighted by Crippen LogP contribution is 2.58. The van der Waals surface area contributed by atoms with Crippen molar-refractivity contribution in [2.24, 2.45) is 16.7 Å². The van der Waals surface area contributed by atoms with Gasteiger partial charge >= 0.3 is 6.09 Å². The summed E-state index contributed by atoms with van der Waals surface area (Å²) in [5.41, 5.74) is 7.12. The van der Waals surface area contributed by atoms with E-state index >= 15 is 0 Å². The summed E-state index contributed by atoms with van der Waals surface area (Å²) in [4.78, 5) is 129. The van der Waals surface area contributed by atoms with Gasteiger partial charge in [-0.1, -0.05) is 96.2 Å². The number of unbranched alkanes of at least 4 members (excludes halogenated alkanes) is 2. The quantitative estimate of drug-likeness (QED) is 0.0152. The van der Waals surface area contributed by atoms with Crippen molar-refractivity contribution in [3.63, 3.8) is 0 Å². The number of aliphatic hydroxyl groups excluding tert-OH is 1. The van der Waals surface area contributed by atoms with Gasteiger partial charge < -0.3 is 75.4 Å². The summed E-state index contributed by atoms with van der Waals surface area (Å²) in [7, 11) is 3.03. The third-order valence-electron chi connectivity index (χ3n) is 21.1. The van der Waals surface area contributed by atoms with Gasteiger partial charge in [-0.25, -0.2) is 14.4 Å². The number of methoxy groups -OCH3 is 2. The first kappa shape index (κ1) is 74.2. The van der Waals surface area contributed by atoms with E-state index in [0.29, 0.717) is 96.1 Å². The van der Waals surface area contributed by atoms with Gasteiger partial charge in [0.25, 0.3) is 11.8 Å². The first-order valence-corrected chi connectivity index (χ1v) is 37.3. The van der Waals surface area contributed by atoms with Crippen molar-refractivity contribution in [1.29, 1.82) is 0 Å². The number of hydrogen-bond acceptors (Lipinski definition) is 18. The zero-order valence-corrected chi connectivity index (χ0v) is 62.7. The minimum Gasteiger partial charge on any atom is -0.493 e. The van der Waals surface area contributed by atoms with Gasteiger partial charge in [0, 0.05) is 67.5 Å². The molecule has 6 heterocycles. The molecule has 28 nitrogen and oxygen atoms in total. The molecule has 5 atom stereocenters. The van der Waals surface area contributed by atoms with E-state index in [1.165, 1.54) is 32.9 Å². The number of benzene rings is 5. The number of aromatic nitrogens is 3. The smallest absolute Gasteiger partial charge is 0.416 e. The van der Waals surface area contributed by atoms with Crippen molar-refractivity contribution in [3.8, 4) is 45.5 Å². The predicted molar refractivity (Wildman–Crippen MR) is 400 cm³/mol. The van der Waals surface area contributed by atoms with E-state index in [1.807, 2.05) is 78.0 Å². The van der Waals surface area contributed by atoms with Crippen molar-refractivity contribution in [3.05, 3.63) is 119 Å². The number of rotatable bonds is 26. The molecule has 106 heavy (non-hydrogen) atoms. The van der Waals surface area contributed by atoms with Crippen LogP contribution in [-0.2, 0) is 50.2 Å². The number of fused-ring (bicyclic) bond motifs is 9. The average molecular weight is 1560 g/mol. The maximum Gasteiger partial charge on any atom is 0.416 e. The number of carbonyl (C=O) groups excluding carboxylic acids is 9. The molecule has 1 aromatic heterocycles. The Labute approximate surface area is 627 Å². The van der Waals surface area contributed by atoms with E-state index in [-0.39, 0.29) is 84.5 Å². The molecule has 7 aliphatic rings. The Balaban J connectivity index is 0.555. The summed E-state index contributed by atoms with van der Waals surface area (Å²) >= 11 is 2.32. The number of carbonyl (C=O) groups is 9. The molecule has 5 aromatic carbocycles. The van der Waals surface area contributed by atoms with Crippen LogP contribution in [0.3, 0.4) is 0 Å². The van der Waals surface area contributed by atoms with E-state index in [4.69, 9.17) is 23.7 Å². The fraction of sp³-hybridized carbons (Fsp3) is 0.468. The topological polar surface area (TPSA) is 336 Å². The third-order valence-corrected chi connectivity index (χ3v) is 21.6. The number of alkyl halides is 1. The Bertz CT molecular complexity index is 4420. The molecule has 4 fully saturated rings. The lowest BCUT2D eigenvalue weighted by atomic mass is 9.95. The number of nitrogens with zero attached hydrogens (tertiary/aromatic N) is 7. The molecule has 5 aliphatic heterocycles. The number of para-hydroxylation sites is 1. The van der Waals surface area contributed by atoms with Gasteiger partial charge in [0.2, 0.25) is 35.4 Å². The summed E-state index contributed by atoms with van der Waals surface area (Å²) in [6, 6.07) is 25.6. The molecule has 560 valence electrons.